The molecule has 1 saturated carbocycles. The summed E-state index contributed by atoms with van der Waals surface area (Å²) in [4.78, 5) is 0. The third kappa shape index (κ3) is 2.71. The van der Waals surface area contributed by atoms with Crippen LogP contribution in [0, 0.1) is 12.8 Å². The third-order valence-corrected chi connectivity index (χ3v) is 3.78. The van der Waals surface area contributed by atoms with Crippen LogP contribution in [0.2, 0.25) is 0 Å². The number of hydrogen-bond acceptors (Lipinski definition) is 3. The summed E-state index contributed by atoms with van der Waals surface area (Å²) in [6.45, 7) is 4.42. The van der Waals surface area contributed by atoms with E-state index in [4.69, 9.17) is 9.47 Å². The highest BCUT2D eigenvalue weighted by atomic mass is 16.5. The fourth-order valence-electron chi connectivity index (χ4n) is 2.69. The summed E-state index contributed by atoms with van der Waals surface area (Å²) in [6, 6.07) is 4.66. The maximum Gasteiger partial charge on any atom is 0.162 e. The number of hydrogen-bond donors (Lipinski definition) is 1. The van der Waals surface area contributed by atoms with E-state index in [2.05, 4.69) is 19.2 Å². The monoisotopic (exact) mass is 249 g/mol. The van der Waals surface area contributed by atoms with Crippen molar-refractivity contribution in [3.8, 4) is 11.5 Å². The van der Waals surface area contributed by atoms with Crippen LogP contribution in [-0.2, 0) is 0 Å². The van der Waals surface area contributed by atoms with E-state index in [0.717, 1.165) is 23.1 Å². The summed E-state index contributed by atoms with van der Waals surface area (Å²) < 4.78 is 10.7. The molecule has 1 aromatic carbocycles. The number of anilines is 1. The van der Waals surface area contributed by atoms with Gasteiger partial charge in [0.15, 0.2) is 11.5 Å². The molecule has 0 radical (unpaired) electrons. The molecule has 0 amide bonds. The van der Waals surface area contributed by atoms with Crippen LogP contribution in [-0.4, -0.2) is 20.3 Å². The topological polar surface area (TPSA) is 30.5 Å². The average molecular weight is 249 g/mol. The Morgan fingerprint density at radius 1 is 1.11 bits per heavy atom. The number of methoxy groups -OCH3 is 2. The summed E-state index contributed by atoms with van der Waals surface area (Å²) in [6.07, 6.45) is 3.84. The molecule has 2 unspecified atom stereocenters. The molecule has 18 heavy (non-hydrogen) atoms. The van der Waals surface area contributed by atoms with Gasteiger partial charge in [0.05, 0.1) is 14.2 Å². The molecule has 2 rings (SSSR count). The molecular formula is C15H23NO2. The van der Waals surface area contributed by atoms with Crippen LogP contribution in [0.25, 0.3) is 0 Å². The van der Waals surface area contributed by atoms with E-state index in [-0.39, 0.29) is 0 Å². The van der Waals surface area contributed by atoms with Crippen molar-refractivity contribution in [2.45, 2.75) is 39.2 Å². The van der Waals surface area contributed by atoms with Crippen LogP contribution in [0.15, 0.2) is 12.1 Å². The second-order valence-corrected chi connectivity index (χ2v) is 5.28. The van der Waals surface area contributed by atoms with Crippen molar-refractivity contribution in [3.05, 3.63) is 17.7 Å². The summed E-state index contributed by atoms with van der Waals surface area (Å²) in [5.74, 6) is 2.42. The van der Waals surface area contributed by atoms with E-state index in [1.807, 2.05) is 12.1 Å². The highest BCUT2D eigenvalue weighted by Gasteiger charge is 2.21. The molecule has 0 heterocycles. The highest BCUT2D eigenvalue weighted by Crippen LogP contribution is 2.35. The summed E-state index contributed by atoms with van der Waals surface area (Å²) in [5, 5.41) is 3.63. The van der Waals surface area contributed by atoms with Gasteiger partial charge in [-0.15, -0.1) is 0 Å². The first-order valence-corrected chi connectivity index (χ1v) is 6.63. The second kappa shape index (κ2) is 5.51. The Bertz CT molecular complexity index is 417. The smallest absolute Gasteiger partial charge is 0.162 e. The standard InChI is InChI=1S/C15H23NO2/c1-10-5-6-12(7-10)16-13-9-15(18-4)14(17-3)8-11(13)2/h8-10,12,16H,5-7H2,1-4H3. The van der Waals surface area contributed by atoms with E-state index in [1.54, 1.807) is 14.2 Å². The predicted molar refractivity (Wildman–Crippen MR) is 74.7 cm³/mol. The normalized spacial score (nSPS) is 22.9. The lowest BCUT2D eigenvalue weighted by atomic mass is 10.1. The van der Waals surface area contributed by atoms with Gasteiger partial charge in [-0.25, -0.2) is 0 Å². The maximum absolute atomic E-state index is 5.35. The molecule has 1 aromatic rings. The molecule has 3 heteroatoms. The van der Waals surface area contributed by atoms with Crippen LogP contribution in [0.3, 0.4) is 0 Å². The first kappa shape index (κ1) is 13.1. The number of aryl methyl sites for hydroxylation is 1. The lowest BCUT2D eigenvalue weighted by Crippen LogP contribution is -2.16. The van der Waals surface area contributed by atoms with Crippen LogP contribution in [0.1, 0.15) is 31.7 Å². The zero-order valence-electron chi connectivity index (χ0n) is 11.7. The Morgan fingerprint density at radius 3 is 2.33 bits per heavy atom. The Hall–Kier alpha value is -1.38. The Balaban J connectivity index is 2.17. The van der Waals surface area contributed by atoms with Crippen LogP contribution in [0.5, 0.6) is 11.5 Å². The van der Waals surface area contributed by atoms with Crippen molar-refractivity contribution in [1.29, 1.82) is 0 Å². The fourth-order valence-corrected chi connectivity index (χ4v) is 2.69. The van der Waals surface area contributed by atoms with Crippen LogP contribution in [0.4, 0.5) is 5.69 Å². The molecule has 3 nitrogen and oxygen atoms in total. The highest BCUT2D eigenvalue weighted by molar-refractivity contribution is 5.60. The van der Waals surface area contributed by atoms with E-state index in [1.165, 1.54) is 24.8 Å². The van der Waals surface area contributed by atoms with Gasteiger partial charge >= 0.3 is 0 Å². The van der Waals surface area contributed by atoms with E-state index in [9.17, 15) is 0 Å². The lowest BCUT2D eigenvalue weighted by Gasteiger charge is -2.18. The summed E-state index contributed by atoms with van der Waals surface area (Å²) in [7, 11) is 3.34. The molecule has 0 spiro atoms. The largest absolute Gasteiger partial charge is 0.493 e. The van der Waals surface area contributed by atoms with E-state index >= 15 is 0 Å². The number of nitrogens with one attached hydrogen (secondary N) is 1. The second-order valence-electron chi connectivity index (χ2n) is 5.28. The first-order chi connectivity index (χ1) is 8.63. The molecule has 1 N–H and O–H groups in total. The molecule has 2 atom stereocenters. The van der Waals surface area contributed by atoms with E-state index in [0.29, 0.717) is 6.04 Å². The fraction of sp³-hybridized carbons (Fsp3) is 0.600. The van der Waals surface area contributed by atoms with Gasteiger partial charge in [-0.3, -0.25) is 0 Å². The van der Waals surface area contributed by atoms with Gasteiger partial charge in [0, 0.05) is 17.8 Å². The Morgan fingerprint density at radius 2 is 1.78 bits per heavy atom. The van der Waals surface area contributed by atoms with Gasteiger partial charge in [0.2, 0.25) is 0 Å². The van der Waals surface area contributed by atoms with Crippen molar-refractivity contribution < 1.29 is 9.47 Å². The van der Waals surface area contributed by atoms with Gasteiger partial charge in [-0.2, -0.15) is 0 Å². The quantitative estimate of drug-likeness (QED) is 0.884. The maximum atomic E-state index is 5.35. The van der Waals surface area contributed by atoms with Crippen molar-refractivity contribution in [3.63, 3.8) is 0 Å². The molecule has 0 aliphatic heterocycles. The summed E-state index contributed by atoms with van der Waals surface area (Å²) in [5.41, 5.74) is 2.36. The molecular weight excluding hydrogens is 226 g/mol. The minimum atomic E-state index is 0.594. The lowest BCUT2D eigenvalue weighted by molar-refractivity contribution is 0.355. The average Bonchev–Trinajstić information content (AvgIpc) is 2.77. The minimum Gasteiger partial charge on any atom is -0.493 e. The van der Waals surface area contributed by atoms with Gasteiger partial charge in [-0.1, -0.05) is 6.92 Å². The summed E-state index contributed by atoms with van der Waals surface area (Å²) >= 11 is 0. The zero-order chi connectivity index (χ0) is 13.1. The van der Waals surface area contributed by atoms with Crippen molar-refractivity contribution in [2.75, 3.05) is 19.5 Å². The molecule has 1 fully saturated rings. The van der Waals surface area contributed by atoms with Gasteiger partial charge < -0.3 is 14.8 Å². The van der Waals surface area contributed by atoms with Crippen molar-refractivity contribution >= 4 is 5.69 Å². The zero-order valence-corrected chi connectivity index (χ0v) is 11.7. The third-order valence-electron chi connectivity index (χ3n) is 3.78. The predicted octanol–water partition coefficient (Wildman–Crippen LogP) is 3.61. The Labute approximate surface area is 109 Å². The number of ether oxygens (including phenoxy) is 2. The molecule has 0 bridgehead atoms. The molecule has 0 saturated heterocycles. The molecule has 1 aliphatic rings. The van der Waals surface area contributed by atoms with E-state index < -0.39 is 0 Å². The molecule has 1 aliphatic carbocycles. The molecule has 100 valence electrons. The van der Waals surface area contributed by atoms with Gasteiger partial charge in [0.1, 0.15) is 0 Å². The Kier molecular flexibility index (Phi) is 4.00. The van der Waals surface area contributed by atoms with Gasteiger partial charge in [0.25, 0.3) is 0 Å². The van der Waals surface area contributed by atoms with Crippen LogP contribution >= 0.6 is 0 Å². The minimum absolute atomic E-state index is 0.594. The number of benzene rings is 1. The number of rotatable bonds is 4. The first-order valence-electron chi connectivity index (χ1n) is 6.63. The SMILES string of the molecule is COc1cc(C)c(NC2CCC(C)C2)cc1OC. The van der Waals surface area contributed by atoms with Crippen LogP contribution < -0.4 is 14.8 Å². The molecule has 0 aromatic heterocycles. The van der Waals surface area contributed by atoms with Crippen molar-refractivity contribution in [2.24, 2.45) is 5.92 Å². The van der Waals surface area contributed by atoms with Gasteiger partial charge in [-0.05, 0) is 43.7 Å². The van der Waals surface area contributed by atoms with Crippen molar-refractivity contribution in [1.82, 2.24) is 0 Å².